The maximum Gasteiger partial charge on any atom is 0.138 e. The summed E-state index contributed by atoms with van der Waals surface area (Å²) in [4.78, 5) is 0. The van der Waals surface area contributed by atoms with Gasteiger partial charge in [-0.1, -0.05) is 77.8 Å². The predicted octanol–water partition coefficient (Wildman–Crippen LogP) is 7.53. The highest BCUT2D eigenvalue weighted by Gasteiger charge is 2.11. The van der Waals surface area contributed by atoms with Crippen molar-refractivity contribution in [2.24, 2.45) is 11.8 Å². The van der Waals surface area contributed by atoms with E-state index in [1.54, 1.807) is 0 Å². The van der Waals surface area contributed by atoms with Gasteiger partial charge in [0.25, 0.3) is 0 Å². The molecule has 2 unspecified atom stereocenters. The van der Waals surface area contributed by atoms with Crippen LogP contribution in [-0.2, 0) is 0 Å². The van der Waals surface area contributed by atoms with Crippen LogP contribution in [0, 0.1) is 11.8 Å². The van der Waals surface area contributed by atoms with Crippen LogP contribution in [-0.4, -0.2) is 13.2 Å². The Bertz CT molecular complexity index is 461. The summed E-state index contributed by atoms with van der Waals surface area (Å²) >= 11 is 6.39. The van der Waals surface area contributed by atoms with E-state index in [1.165, 1.54) is 38.5 Å². The molecule has 0 aromatic heterocycles. The van der Waals surface area contributed by atoms with Gasteiger partial charge in [-0.15, -0.1) is 0 Å². The number of halogens is 1. The summed E-state index contributed by atoms with van der Waals surface area (Å²) in [5, 5.41) is 0.643. The lowest BCUT2D eigenvalue weighted by Crippen LogP contribution is -2.12. The minimum Gasteiger partial charge on any atom is -0.493 e. The number of rotatable bonds is 14. The fraction of sp³-hybridized carbons (Fsp3) is 0.727. The van der Waals surface area contributed by atoms with E-state index in [2.05, 4.69) is 27.7 Å². The molecule has 1 aromatic carbocycles. The molecule has 0 fully saturated rings. The molecule has 144 valence electrons. The molecule has 0 aliphatic rings. The van der Waals surface area contributed by atoms with Gasteiger partial charge in [0.05, 0.1) is 18.2 Å². The molecule has 0 N–H and O–H groups in total. The van der Waals surface area contributed by atoms with Crippen molar-refractivity contribution in [3.8, 4) is 11.5 Å². The lowest BCUT2D eigenvalue weighted by Gasteiger charge is -2.18. The quantitative estimate of drug-likeness (QED) is 0.337. The second-order valence-corrected chi connectivity index (χ2v) is 7.45. The molecule has 0 saturated carbocycles. The van der Waals surface area contributed by atoms with Crippen molar-refractivity contribution in [1.82, 2.24) is 0 Å². The number of benzene rings is 1. The van der Waals surface area contributed by atoms with Crippen molar-refractivity contribution in [3.63, 3.8) is 0 Å². The summed E-state index contributed by atoms with van der Waals surface area (Å²) in [7, 11) is 0. The van der Waals surface area contributed by atoms with Crippen LogP contribution in [0.5, 0.6) is 11.5 Å². The Morgan fingerprint density at radius 3 is 1.88 bits per heavy atom. The molecule has 0 radical (unpaired) electrons. The highest BCUT2D eigenvalue weighted by molar-refractivity contribution is 6.32. The van der Waals surface area contributed by atoms with Crippen LogP contribution >= 0.6 is 11.6 Å². The van der Waals surface area contributed by atoms with Crippen LogP contribution in [0.1, 0.15) is 79.1 Å². The standard InChI is InChI=1S/C22H37ClO2/c1-5-9-11-18(7-3)16-24-20-13-14-22(21(23)15-20)25-17-19(8-4)12-10-6-2/h13-15,18-19H,5-12,16-17H2,1-4H3. The maximum absolute atomic E-state index is 6.39. The largest absolute Gasteiger partial charge is 0.493 e. The molecule has 2 atom stereocenters. The van der Waals surface area contributed by atoms with Gasteiger partial charge in [-0.25, -0.2) is 0 Å². The monoisotopic (exact) mass is 368 g/mol. The Morgan fingerprint density at radius 2 is 1.40 bits per heavy atom. The van der Waals surface area contributed by atoms with E-state index in [4.69, 9.17) is 21.1 Å². The summed E-state index contributed by atoms with van der Waals surface area (Å²) in [6, 6.07) is 5.80. The van der Waals surface area contributed by atoms with Gasteiger partial charge in [-0.05, 0) is 36.8 Å². The van der Waals surface area contributed by atoms with Crippen molar-refractivity contribution >= 4 is 11.6 Å². The van der Waals surface area contributed by atoms with Crippen LogP contribution in [0.25, 0.3) is 0 Å². The molecule has 3 heteroatoms. The van der Waals surface area contributed by atoms with Gasteiger partial charge in [0, 0.05) is 6.07 Å². The smallest absolute Gasteiger partial charge is 0.138 e. The predicted molar refractivity (Wildman–Crippen MR) is 109 cm³/mol. The number of hydrogen-bond acceptors (Lipinski definition) is 2. The summed E-state index contributed by atoms with van der Waals surface area (Å²) in [6.07, 6.45) is 9.77. The van der Waals surface area contributed by atoms with Crippen LogP contribution in [0.2, 0.25) is 5.02 Å². The Kier molecular flexibility index (Phi) is 11.8. The molecule has 1 aromatic rings. The van der Waals surface area contributed by atoms with Crippen LogP contribution < -0.4 is 9.47 Å². The van der Waals surface area contributed by atoms with Crippen LogP contribution in [0.4, 0.5) is 0 Å². The number of ether oxygens (including phenoxy) is 2. The Labute approximate surface area is 160 Å². The Balaban J connectivity index is 2.50. The zero-order chi connectivity index (χ0) is 18.5. The van der Waals surface area contributed by atoms with E-state index in [1.807, 2.05) is 18.2 Å². The summed E-state index contributed by atoms with van der Waals surface area (Å²) < 4.78 is 11.9. The molecular formula is C22H37ClO2. The molecule has 0 amide bonds. The first-order valence-corrected chi connectivity index (χ1v) is 10.6. The fourth-order valence-corrected chi connectivity index (χ4v) is 3.13. The number of hydrogen-bond donors (Lipinski definition) is 0. The van der Waals surface area contributed by atoms with Crippen molar-refractivity contribution in [2.75, 3.05) is 13.2 Å². The molecule has 0 aliphatic heterocycles. The third-order valence-electron chi connectivity index (χ3n) is 4.95. The second-order valence-electron chi connectivity index (χ2n) is 7.05. The fourth-order valence-electron chi connectivity index (χ4n) is 2.91. The zero-order valence-corrected chi connectivity index (χ0v) is 17.4. The van der Waals surface area contributed by atoms with Gasteiger partial charge < -0.3 is 9.47 Å². The van der Waals surface area contributed by atoms with Gasteiger partial charge in [0.15, 0.2) is 0 Å². The normalized spacial score (nSPS) is 13.5. The molecule has 0 aliphatic carbocycles. The summed E-state index contributed by atoms with van der Waals surface area (Å²) in [5.74, 6) is 2.83. The van der Waals surface area contributed by atoms with Crippen LogP contribution in [0.15, 0.2) is 18.2 Å². The average molecular weight is 369 g/mol. The molecule has 25 heavy (non-hydrogen) atoms. The maximum atomic E-state index is 6.39. The average Bonchev–Trinajstić information content (AvgIpc) is 2.63. The van der Waals surface area contributed by atoms with Gasteiger partial charge in [0.2, 0.25) is 0 Å². The van der Waals surface area contributed by atoms with E-state index in [9.17, 15) is 0 Å². The van der Waals surface area contributed by atoms with Gasteiger partial charge >= 0.3 is 0 Å². The molecule has 2 nitrogen and oxygen atoms in total. The first-order valence-electron chi connectivity index (χ1n) is 10.2. The summed E-state index contributed by atoms with van der Waals surface area (Å²) in [6.45, 7) is 10.4. The van der Waals surface area contributed by atoms with Crippen molar-refractivity contribution in [1.29, 1.82) is 0 Å². The highest BCUT2D eigenvalue weighted by Crippen LogP contribution is 2.30. The molecule has 0 heterocycles. The van der Waals surface area contributed by atoms with Crippen molar-refractivity contribution < 1.29 is 9.47 Å². The first kappa shape index (κ1) is 22.2. The van der Waals surface area contributed by atoms with Gasteiger partial charge in [-0.3, -0.25) is 0 Å². The Hall–Kier alpha value is -0.890. The second kappa shape index (κ2) is 13.3. The number of unbranched alkanes of at least 4 members (excludes halogenated alkanes) is 2. The van der Waals surface area contributed by atoms with Gasteiger partial charge in [-0.2, -0.15) is 0 Å². The molecular weight excluding hydrogens is 332 g/mol. The van der Waals surface area contributed by atoms with Crippen molar-refractivity contribution in [3.05, 3.63) is 23.2 Å². The SMILES string of the molecule is CCCCC(CC)COc1ccc(OCC(CC)CCCC)c(Cl)c1. The topological polar surface area (TPSA) is 18.5 Å². The highest BCUT2D eigenvalue weighted by atomic mass is 35.5. The van der Waals surface area contributed by atoms with E-state index in [0.29, 0.717) is 16.9 Å². The van der Waals surface area contributed by atoms with Crippen molar-refractivity contribution in [2.45, 2.75) is 79.1 Å². The lowest BCUT2D eigenvalue weighted by molar-refractivity contribution is 0.228. The van der Waals surface area contributed by atoms with Gasteiger partial charge in [0.1, 0.15) is 11.5 Å². The molecule has 0 saturated heterocycles. The third kappa shape index (κ3) is 8.85. The molecule has 1 rings (SSSR count). The summed E-state index contributed by atoms with van der Waals surface area (Å²) in [5.41, 5.74) is 0. The van der Waals surface area contributed by atoms with Crippen LogP contribution in [0.3, 0.4) is 0 Å². The lowest BCUT2D eigenvalue weighted by atomic mass is 10.0. The minimum absolute atomic E-state index is 0.607. The first-order chi connectivity index (χ1) is 12.1. The molecule has 0 bridgehead atoms. The van der Waals surface area contributed by atoms with E-state index < -0.39 is 0 Å². The zero-order valence-electron chi connectivity index (χ0n) is 16.7. The van der Waals surface area contributed by atoms with E-state index in [0.717, 1.165) is 37.6 Å². The Morgan fingerprint density at radius 1 is 0.840 bits per heavy atom. The minimum atomic E-state index is 0.607. The van der Waals surface area contributed by atoms with E-state index >= 15 is 0 Å². The molecule has 0 spiro atoms. The van der Waals surface area contributed by atoms with E-state index in [-0.39, 0.29) is 0 Å². The third-order valence-corrected chi connectivity index (χ3v) is 5.25.